The molecule has 10 heteroatoms. The van der Waals surface area contributed by atoms with E-state index < -0.39 is 5.82 Å². The van der Waals surface area contributed by atoms with Gasteiger partial charge in [-0.1, -0.05) is 24.8 Å². The molecule has 5 rings (SSSR count). The number of nitrogens with zero attached hydrogens (tertiary/aromatic N) is 5. The van der Waals surface area contributed by atoms with E-state index in [1.54, 1.807) is 44.3 Å². The van der Waals surface area contributed by atoms with E-state index in [4.69, 9.17) is 10.5 Å². The summed E-state index contributed by atoms with van der Waals surface area (Å²) in [6, 6.07) is 13.7. The van der Waals surface area contributed by atoms with Crippen LogP contribution >= 0.6 is 0 Å². The van der Waals surface area contributed by atoms with Gasteiger partial charge in [0.1, 0.15) is 17.8 Å². The highest BCUT2D eigenvalue weighted by Gasteiger charge is 2.23. The fourth-order valence-electron chi connectivity index (χ4n) is 4.16. The molecule has 38 heavy (non-hydrogen) atoms. The summed E-state index contributed by atoms with van der Waals surface area (Å²) < 4.78 is 22.8. The number of carbonyl (C=O) groups is 1. The Morgan fingerprint density at radius 2 is 1.82 bits per heavy atom. The average molecular weight is 510 g/mol. The van der Waals surface area contributed by atoms with Crippen molar-refractivity contribution in [1.82, 2.24) is 24.5 Å². The Morgan fingerprint density at radius 3 is 2.50 bits per heavy atom. The molecule has 0 saturated carbocycles. The van der Waals surface area contributed by atoms with Crippen molar-refractivity contribution >= 4 is 28.4 Å². The summed E-state index contributed by atoms with van der Waals surface area (Å²) in [5, 5.41) is 3.39. The maximum absolute atomic E-state index is 15.3. The molecule has 0 aliphatic heterocycles. The van der Waals surface area contributed by atoms with Gasteiger partial charge in [-0.2, -0.15) is 0 Å². The number of nitrogen functional groups attached to an aromatic ring is 1. The fourth-order valence-corrected chi connectivity index (χ4v) is 4.16. The zero-order valence-electron chi connectivity index (χ0n) is 21.0. The Balaban J connectivity index is 1.61. The number of carbonyl (C=O) groups excluding carboxylic acids is 1. The van der Waals surface area contributed by atoms with Gasteiger partial charge in [-0.3, -0.25) is 4.79 Å². The van der Waals surface area contributed by atoms with Crippen molar-refractivity contribution < 1.29 is 13.9 Å². The second-order valence-electron chi connectivity index (χ2n) is 8.78. The summed E-state index contributed by atoms with van der Waals surface area (Å²) in [4.78, 5) is 28.8. The molecule has 0 aliphatic carbocycles. The van der Waals surface area contributed by atoms with Crippen molar-refractivity contribution in [2.45, 2.75) is 13.8 Å². The number of halogens is 1. The van der Waals surface area contributed by atoms with E-state index in [-0.39, 0.29) is 23.5 Å². The lowest BCUT2D eigenvalue weighted by Gasteiger charge is -2.12. The van der Waals surface area contributed by atoms with Crippen LogP contribution in [0, 0.1) is 12.7 Å². The molecule has 0 radical (unpaired) electrons. The van der Waals surface area contributed by atoms with Gasteiger partial charge in [0, 0.05) is 35.8 Å². The second-order valence-corrected chi connectivity index (χ2v) is 8.78. The Morgan fingerprint density at radius 1 is 1.08 bits per heavy atom. The third kappa shape index (κ3) is 4.55. The van der Waals surface area contributed by atoms with Crippen LogP contribution in [0.2, 0.25) is 0 Å². The zero-order chi connectivity index (χ0) is 27.0. The van der Waals surface area contributed by atoms with E-state index in [2.05, 4.69) is 31.8 Å². The number of aryl methyl sites for hydroxylation is 2. The third-order valence-corrected chi connectivity index (χ3v) is 5.99. The van der Waals surface area contributed by atoms with Gasteiger partial charge >= 0.3 is 6.01 Å². The summed E-state index contributed by atoms with van der Waals surface area (Å²) in [6.45, 7) is 7.09. The first-order valence-electron chi connectivity index (χ1n) is 11.7. The Hall–Kier alpha value is -5.12. The molecule has 0 aliphatic rings. The summed E-state index contributed by atoms with van der Waals surface area (Å²) in [6.07, 6.45) is 2.94. The zero-order valence-corrected chi connectivity index (χ0v) is 21.0. The maximum atomic E-state index is 15.3. The van der Waals surface area contributed by atoms with Gasteiger partial charge in [0.25, 0.3) is 5.91 Å². The molecule has 5 aromatic rings. The monoisotopic (exact) mass is 509 g/mol. The molecule has 9 nitrogen and oxygen atoms in total. The van der Waals surface area contributed by atoms with Gasteiger partial charge in [-0.25, -0.2) is 24.3 Å². The van der Waals surface area contributed by atoms with Gasteiger partial charge in [0.15, 0.2) is 11.6 Å². The molecule has 0 spiro atoms. The van der Waals surface area contributed by atoms with Crippen molar-refractivity contribution in [3.05, 3.63) is 84.7 Å². The molecule has 3 aromatic heterocycles. The number of nitrogens with two attached hydrogens (primary N) is 1. The summed E-state index contributed by atoms with van der Waals surface area (Å²) in [5.74, 6) is -0.599. The van der Waals surface area contributed by atoms with Crippen LogP contribution in [0.4, 0.5) is 15.9 Å². The van der Waals surface area contributed by atoms with Crippen molar-refractivity contribution in [3.63, 3.8) is 0 Å². The predicted molar refractivity (Wildman–Crippen MR) is 144 cm³/mol. The molecular formula is C28H24FN7O2. The third-order valence-electron chi connectivity index (χ3n) is 5.99. The SMILES string of the molecule is C=C(C)C(=O)Nc1ccc(-c2c(-c3ccc(Oc4nccc(C)n4)c(F)c3)c3c(N)ncnc3n2C)cc1. The Bertz CT molecular complexity index is 1710. The first kappa shape index (κ1) is 24.6. The van der Waals surface area contributed by atoms with Crippen LogP contribution in [0.3, 0.4) is 0 Å². The number of hydrogen-bond acceptors (Lipinski definition) is 7. The molecular weight excluding hydrogens is 485 g/mol. The number of anilines is 2. The maximum Gasteiger partial charge on any atom is 0.322 e. The van der Waals surface area contributed by atoms with Crippen molar-refractivity contribution in [2.75, 3.05) is 11.1 Å². The number of amides is 1. The van der Waals surface area contributed by atoms with E-state index in [1.165, 1.54) is 18.5 Å². The van der Waals surface area contributed by atoms with E-state index >= 15 is 4.39 Å². The second kappa shape index (κ2) is 9.74. The quantitative estimate of drug-likeness (QED) is 0.293. The van der Waals surface area contributed by atoms with Crippen molar-refractivity contribution in [3.8, 4) is 34.1 Å². The van der Waals surface area contributed by atoms with E-state index in [1.807, 2.05) is 23.7 Å². The minimum atomic E-state index is -0.594. The highest BCUT2D eigenvalue weighted by atomic mass is 19.1. The lowest BCUT2D eigenvalue weighted by molar-refractivity contribution is -0.112. The molecule has 0 unspecified atom stereocenters. The number of nitrogens with one attached hydrogen (secondary N) is 1. The lowest BCUT2D eigenvalue weighted by atomic mass is 9.98. The summed E-state index contributed by atoms with van der Waals surface area (Å²) in [7, 11) is 1.85. The van der Waals surface area contributed by atoms with E-state index in [9.17, 15) is 4.79 Å². The van der Waals surface area contributed by atoms with Crippen LogP contribution < -0.4 is 15.8 Å². The highest BCUT2D eigenvalue weighted by molar-refractivity contribution is 6.08. The molecule has 0 fully saturated rings. The minimum absolute atomic E-state index is 0.0111. The molecule has 3 heterocycles. The average Bonchev–Trinajstić information content (AvgIpc) is 3.19. The Kier molecular flexibility index (Phi) is 6.29. The van der Waals surface area contributed by atoms with Gasteiger partial charge in [-0.05, 0) is 55.3 Å². The standard InChI is InChI=1S/C28H24FN7O2/c1-15(2)27(37)35-19-8-5-17(6-9-19)24-22(23-25(30)32-14-33-26(23)36(24)4)18-7-10-21(20(29)13-18)38-28-31-12-11-16(3)34-28/h5-14H,1H2,2-4H3,(H,35,37)(H2,30,32,33). The molecule has 3 N–H and O–H groups in total. The van der Waals surface area contributed by atoms with E-state index in [0.717, 1.165) is 11.3 Å². The first-order valence-corrected chi connectivity index (χ1v) is 11.7. The van der Waals surface area contributed by atoms with Crippen LogP contribution in [0.1, 0.15) is 12.6 Å². The van der Waals surface area contributed by atoms with Gasteiger partial charge in [-0.15, -0.1) is 0 Å². The Labute approximate surface area is 217 Å². The number of aromatic nitrogens is 5. The number of ether oxygens (including phenoxy) is 1. The van der Waals surface area contributed by atoms with Crippen LogP contribution in [0.5, 0.6) is 11.8 Å². The normalized spacial score (nSPS) is 10.9. The number of fused-ring (bicyclic) bond motifs is 1. The smallest absolute Gasteiger partial charge is 0.322 e. The van der Waals surface area contributed by atoms with Gasteiger partial charge in [0.2, 0.25) is 0 Å². The van der Waals surface area contributed by atoms with Gasteiger partial charge < -0.3 is 20.4 Å². The first-order chi connectivity index (χ1) is 18.2. The predicted octanol–water partition coefficient (Wildman–Crippen LogP) is 5.43. The fraction of sp³-hybridized carbons (Fsp3) is 0.107. The minimum Gasteiger partial charge on any atom is -0.421 e. The van der Waals surface area contributed by atoms with Crippen LogP contribution in [0.25, 0.3) is 33.4 Å². The molecule has 1 amide bonds. The lowest BCUT2D eigenvalue weighted by Crippen LogP contribution is -2.11. The molecule has 0 atom stereocenters. The van der Waals surface area contributed by atoms with Crippen LogP contribution in [-0.2, 0) is 11.8 Å². The number of hydrogen-bond donors (Lipinski definition) is 2. The highest BCUT2D eigenvalue weighted by Crippen LogP contribution is 2.42. The largest absolute Gasteiger partial charge is 0.421 e. The summed E-state index contributed by atoms with van der Waals surface area (Å²) >= 11 is 0. The van der Waals surface area contributed by atoms with Crippen molar-refractivity contribution in [1.29, 1.82) is 0 Å². The number of benzene rings is 2. The van der Waals surface area contributed by atoms with Gasteiger partial charge in [0.05, 0.1) is 11.1 Å². The van der Waals surface area contributed by atoms with Crippen LogP contribution in [0.15, 0.2) is 73.2 Å². The molecule has 0 saturated heterocycles. The van der Waals surface area contributed by atoms with Crippen molar-refractivity contribution in [2.24, 2.45) is 7.05 Å². The van der Waals surface area contributed by atoms with E-state index in [0.29, 0.717) is 39.1 Å². The molecule has 190 valence electrons. The molecule has 0 bridgehead atoms. The topological polar surface area (TPSA) is 121 Å². The number of rotatable bonds is 6. The molecule has 2 aromatic carbocycles. The van der Waals surface area contributed by atoms with Crippen LogP contribution in [-0.4, -0.2) is 30.4 Å². The summed E-state index contributed by atoms with van der Waals surface area (Å²) in [5.41, 5.74) is 11.4.